The van der Waals surface area contributed by atoms with Crippen molar-refractivity contribution < 1.29 is 14.6 Å². The first-order chi connectivity index (χ1) is 8.54. The summed E-state index contributed by atoms with van der Waals surface area (Å²) in [7, 11) is 0. The third-order valence-corrected chi connectivity index (χ3v) is 2.61. The number of nitrogens with zero attached hydrogens (tertiary/aromatic N) is 2. The van der Waals surface area contributed by atoms with Gasteiger partial charge in [0.2, 0.25) is 5.88 Å². The van der Waals surface area contributed by atoms with Crippen molar-refractivity contribution in [1.82, 2.24) is 9.97 Å². The molecule has 0 aromatic carbocycles. The highest BCUT2D eigenvalue weighted by molar-refractivity contribution is 5.71. The van der Waals surface area contributed by atoms with Crippen LogP contribution >= 0.6 is 0 Å². The van der Waals surface area contributed by atoms with E-state index >= 15 is 0 Å². The number of aliphatic carboxylic acids is 1. The Morgan fingerprint density at radius 2 is 2.22 bits per heavy atom. The summed E-state index contributed by atoms with van der Waals surface area (Å²) >= 11 is 0. The fraction of sp³-hybridized carbons (Fsp3) is 0.583. The molecule has 1 aromatic heterocycles. The summed E-state index contributed by atoms with van der Waals surface area (Å²) in [5.74, 6) is -0.285. The summed E-state index contributed by atoms with van der Waals surface area (Å²) < 4.78 is 5.38. The number of aromatic nitrogens is 2. The topological polar surface area (TPSA) is 84.3 Å². The normalized spacial score (nSPS) is 13.7. The Kier molecular flexibility index (Phi) is 5.35. The highest BCUT2D eigenvalue weighted by atomic mass is 16.5. The SMILES string of the molecule is CCCOc1cc(NC(C)C(C)C(=O)O)ncn1. The van der Waals surface area contributed by atoms with Crippen molar-refractivity contribution in [1.29, 1.82) is 0 Å². The van der Waals surface area contributed by atoms with Gasteiger partial charge in [0, 0.05) is 12.1 Å². The Morgan fingerprint density at radius 3 is 2.83 bits per heavy atom. The van der Waals surface area contributed by atoms with Crippen LogP contribution in [0.25, 0.3) is 0 Å². The number of nitrogens with one attached hydrogen (secondary N) is 1. The number of hydrogen-bond acceptors (Lipinski definition) is 5. The van der Waals surface area contributed by atoms with Crippen LogP contribution in [0.1, 0.15) is 27.2 Å². The van der Waals surface area contributed by atoms with E-state index in [4.69, 9.17) is 9.84 Å². The smallest absolute Gasteiger partial charge is 0.308 e. The molecule has 0 saturated carbocycles. The van der Waals surface area contributed by atoms with Gasteiger partial charge in [0.05, 0.1) is 12.5 Å². The first-order valence-corrected chi connectivity index (χ1v) is 5.98. The molecular formula is C12H19N3O3. The van der Waals surface area contributed by atoms with Crippen LogP contribution in [0.3, 0.4) is 0 Å². The lowest BCUT2D eigenvalue weighted by atomic mass is 10.0. The zero-order chi connectivity index (χ0) is 13.5. The Morgan fingerprint density at radius 1 is 1.50 bits per heavy atom. The van der Waals surface area contributed by atoms with E-state index in [1.54, 1.807) is 19.9 Å². The monoisotopic (exact) mass is 253 g/mol. The molecular weight excluding hydrogens is 234 g/mol. The maximum absolute atomic E-state index is 10.8. The van der Waals surface area contributed by atoms with Gasteiger partial charge in [-0.15, -0.1) is 0 Å². The van der Waals surface area contributed by atoms with Crippen molar-refractivity contribution >= 4 is 11.8 Å². The number of anilines is 1. The second kappa shape index (κ2) is 6.78. The van der Waals surface area contributed by atoms with E-state index in [2.05, 4.69) is 15.3 Å². The minimum absolute atomic E-state index is 0.226. The van der Waals surface area contributed by atoms with Crippen molar-refractivity contribution in [2.24, 2.45) is 5.92 Å². The van der Waals surface area contributed by atoms with Gasteiger partial charge in [-0.3, -0.25) is 4.79 Å². The van der Waals surface area contributed by atoms with Crippen LogP contribution in [0.4, 0.5) is 5.82 Å². The van der Waals surface area contributed by atoms with Gasteiger partial charge in [0.25, 0.3) is 0 Å². The standard InChI is InChI=1S/C12H19N3O3/c1-4-5-18-11-6-10(13-7-14-11)15-9(3)8(2)12(16)17/h6-9H,4-5H2,1-3H3,(H,16,17)(H,13,14,15). The number of ether oxygens (including phenoxy) is 1. The van der Waals surface area contributed by atoms with Crippen molar-refractivity contribution in [3.05, 3.63) is 12.4 Å². The summed E-state index contributed by atoms with van der Waals surface area (Å²) in [4.78, 5) is 18.9. The second-order valence-electron chi connectivity index (χ2n) is 4.15. The van der Waals surface area contributed by atoms with Gasteiger partial charge in [0.1, 0.15) is 12.1 Å². The van der Waals surface area contributed by atoms with Crippen molar-refractivity contribution in [3.63, 3.8) is 0 Å². The molecule has 0 bridgehead atoms. The zero-order valence-electron chi connectivity index (χ0n) is 10.9. The molecule has 18 heavy (non-hydrogen) atoms. The maximum atomic E-state index is 10.8. The predicted molar refractivity (Wildman–Crippen MR) is 67.7 cm³/mol. The molecule has 100 valence electrons. The maximum Gasteiger partial charge on any atom is 0.308 e. The molecule has 0 aliphatic heterocycles. The van der Waals surface area contributed by atoms with Crippen LogP contribution in [0, 0.1) is 5.92 Å². The van der Waals surface area contributed by atoms with Crippen LogP contribution in [0.5, 0.6) is 5.88 Å². The molecule has 6 heteroatoms. The van der Waals surface area contributed by atoms with E-state index in [1.165, 1.54) is 6.33 Å². The van der Waals surface area contributed by atoms with Gasteiger partial charge in [0.15, 0.2) is 0 Å². The quantitative estimate of drug-likeness (QED) is 0.770. The molecule has 0 saturated heterocycles. The lowest BCUT2D eigenvalue weighted by molar-refractivity contribution is -0.141. The summed E-state index contributed by atoms with van der Waals surface area (Å²) in [6.45, 7) is 6.05. The van der Waals surface area contributed by atoms with Gasteiger partial charge in [-0.05, 0) is 20.3 Å². The number of carbonyl (C=O) groups is 1. The van der Waals surface area contributed by atoms with E-state index in [0.717, 1.165) is 6.42 Å². The van der Waals surface area contributed by atoms with Crippen molar-refractivity contribution in [2.75, 3.05) is 11.9 Å². The van der Waals surface area contributed by atoms with E-state index in [-0.39, 0.29) is 6.04 Å². The van der Waals surface area contributed by atoms with Crippen LogP contribution in [0.15, 0.2) is 12.4 Å². The van der Waals surface area contributed by atoms with E-state index < -0.39 is 11.9 Å². The number of rotatable bonds is 7. The highest BCUT2D eigenvalue weighted by Gasteiger charge is 2.19. The molecule has 0 fully saturated rings. The molecule has 6 nitrogen and oxygen atoms in total. The first kappa shape index (κ1) is 14.2. The highest BCUT2D eigenvalue weighted by Crippen LogP contribution is 2.14. The third-order valence-electron chi connectivity index (χ3n) is 2.61. The van der Waals surface area contributed by atoms with Gasteiger partial charge in [-0.1, -0.05) is 6.92 Å². The lowest BCUT2D eigenvalue weighted by Crippen LogP contribution is -2.30. The largest absolute Gasteiger partial charge is 0.481 e. The number of hydrogen-bond donors (Lipinski definition) is 2. The lowest BCUT2D eigenvalue weighted by Gasteiger charge is -2.18. The Labute approximate surface area is 106 Å². The molecule has 0 amide bonds. The van der Waals surface area contributed by atoms with E-state index in [9.17, 15) is 4.79 Å². The first-order valence-electron chi connectivity index (χ1n) is 5.98. The molecule has 2 unspecified atom stereocenters. The number of carboxylic acids is 1. The van der Waals surface area contributed by atoms with Gasteiger partial charge in [-0.25, -0.2) is 9.97 Å². The Balaban J connectivity index is 2.64. The molecule has 0 radical (unpaired) electrons. The minimum Gasteiger partial charge on any atom is -0.481 e. The van der Waals surface area contributed by atoms with Gasteiger partial charge in [-0.2, -0.15) is 0 Å². The summed E-state index contributed by atoms with van der Waals surface area (Å²) in [5, 5.41) is 11.9. The fourth-order valence-corrected chi connectivity index (χ4v) is 1.28. The molecule has 2 N–H and O–H groups in total. The second-order valence-corrected chi connectivity index (χ2v) is 4.15. The van der Waals surface area contributed by atoms with Gasteiger partial charge >= 0.3 is 5.97 Å². The van der Waals surface area contributed by atoms with Gasteiger partial charge < -0.3 is 15.2 Å². The van der Waals surface area contributed by atoms with Crippen LogP contribution < -0.4 is 10.1 Å². The molecule has 1 heterocycles. The molecule has 0 aliphatic rings. The van der Waals surface area contributed by atoms with Crippen LogP contribution in [-0.2, 0) is 4.79 Å². The van der Waals surface area contributed by atoms with E-state index in [1.807, 2.05) is 6.92 Å². The van der Waals surface area contributed by atoms with Crippen LogP contribution in [0.2, 0.25) is 0 Å². The predicted octanol–water partition coefficient (Wildman–Crippen LogP) is 1.79. The average molecular weight is 253 g/mol. The minimum atomic E-state index is -0.841. The Hall–Kier alpha value is -1.85. The summed E-state index contributed by atoms with van der Waals surface area (Å²) in [6.07, 6.45) is 2.30. The summed E-state index contributed by atoms with van der Waals surface area (Å²) in [5.41, 5.74) is 0. The molecule has 0 aliphatic carbocycles. The average Bonchev–Trinajstić information content (AvgIpc) is 2.35. The molecule has 1 aromatic rings. The molecule has 1 rings (SSSR count). The zero-order valence-corrected chi connectivity index (χ0v) is 10.9. The molecule has 0 spiro atoms. The van der Waals surface area contributed by atoms with Crippen molar-refractivity contribution in [3.8, 4) is 5.88 Å². The summed E-state index contributed by atoms with van der Waals surface area (Å²) in [6, 6.07) is 1.44. The third kappa shape index (κ3) is 4.20. The Bertz CT molecular complexity index is 398. The van der Waals surface area contributed by atoms with Crippen LogP contribution in [-0.4, -0.2) is 33.7 Å². The fourth-order valence-electron chi connectivity index (χ4n) is 1.28. The van der Waals surface area contributed by atoms with Crippen molar-refractivity contribution in [2.45, 2.75) is 33.2 Å². The number of carboxylic acid groups (broad SMARTS) is 1. The molecule has 2 atom stereocenters. The van der Waals surface area contributed by atoms with E-state index in [0.29, 0.717) is 18.3 Å².